The maximum atomic E-state index is 13.1. The van der Waals surface area contributed by atoms with Gasteiger partial charge in [-0.05, 0) is 12.1 Å². The largest absolute Gasteiger partial charge is 0.479 e. The second-order valence-corrected chi connectivity index (χ2v) is 3.40. The number of nitrogens with one attached hydrogen (secondary N) is 1. The number of ether oxygens (including phenoxy) is 1. The predicted molar refractivity (Wildman–Crippen MR) is 55.8 cm³/mol. The van der Waals surface area contributed by atoms with Crippen LogP contribution in [0.4, 0.5) is 10.2 Å². The van der Waals surface area contributed by atoms with Crippen LogP contribution in [0.5, 0.6) is 5.88 Å². The summed E-state index contributed by atoms with van der Waals surface area (Å²) in [6.07, 6.45) is 0. The van der Waals surface area contributed by atoms with Crippen LogP contribution in [-0.2, 0) is 0 Å². The lowest BCUT2D eigenvalue weighted by molar-refractivity contribution is 0.369. The van der Waals surface area contributed by atoms with Crippen LogP contribution >= 0.6 is 0 Å². The van der Waals surface area contributed by atoms with Gasteiger partial charge in [-0.25, -0.2) is 4.39 Å². The van der Waals surface area contributed by atoms with E-state index in [0.29, 0.717) is 0 Å². The van der Waals surface area contributed by atoms with Crippen molar-refractivity contribution in [1.29, 1.82) is 0 Å². The Morgan fingerprint density at radius 2 is 2.13 bits per heavy atom. The molecular formula is C10H14FN3O. The standard InChI is InChI=1S/C10H14FN3O/c1-15-10-8(11)2-3-9(13-10)14-6-4-12-5-7-14/h2-3,12H,4-7H2,1H3. The lowest BCUT2D eigenvalue weighted by Crippen LogP contribution is -2.43. The summed E-state index contributed by atoms with van der Waals surface area (Å²) in [5, 5.41) is 3.25. The van der Waals surface area contributed by atoms with Crippen LogP contribution in [0.25, 0.3) is 0 Å². The van der Waals surface area contributed by atoms with Crippen molar-refractivity contribution in [1.82, 2.24) is 10.3 Å². The third-order valence-electron chi connectivity index (χ3n) is 2.43. The molecule has 0 aliphatic carbocycles. The first-order chi connectivity index (χ1) is 7.31. The molecule has 0 amide bonds. The van der Waals surface area contributed by atoms with E-state index in [9.17, 15) is 4.39 Å². The maximum absolute atomic E-state index is 13.1. The minimum Gasteiger partial charge on any atom is -0.479 e. The molecule has 82 valence electrons. The van der Waals surface area contributed by atoms with Crippen molar-refractivity contribution in [3.8, 4) is 5.88 Å². The molecule has 1 aliphatic rings. The van der Waals surface area contributed by atoms with Gasteiger partial charge in [-0.3, -0.25) is 0 Å². The molecule has 1 fully saturated rings. The lowest BCUT2D eigenvalue weighted by Gasteiger charge is -2.28. The van der Waals surface area contributed by atoms with Crippen LogP contribution in [0.2, 0.25) is 0 Å². The summed E-state index contributed by atoms with van der Waals surface area (Å²) in [6.45, 7) is 3.65. The van der Waals surface area contributed by atoms with Gasteiger partial charge in [0, 0.05) is 26.2 Å². The zero-order valence-electron chi connectivity index (χ0n) is 8.66. The first-order valence-corrected chi connectivity index (χ1v) is 4.97. The number of nitrogens with zero attached hydrogens (tertiary/aromatic N) is 2. The van der Waals surface area contributed by atoms with E-state index < -0.39 is 5.82 Å². The Labute approximate surface area is 88.1 Å². The van der Waals surface area contributed by atoms with E-state index in [1.165, 1.54) is 13.2 Å². The second-order valence-electron chi connectivity index (χ2n) is 3.40. The topological polar surface area (TPSA) is 37.4 Å². The van der Waals surface area contributed by atoms with Crippen LogP contribution in [0.15, 0.2) is 12.1 Å². The molecule has 0 aromatic carbocycles. The minimum atomic E-state index is -0.420. The fourth-order valence-corrected chi connectivity index (χ4v) is 1.63. The number of anilines is 1. The fraction of sp³-hybridized carbons (Fsp3) is 0.500. The molecule has 1 aromatic heterocycles. The highest BCUT2D eigenvalue weighted by Gasteiger charge is 2.13. The summed E-state index contributed by atoms with van der Waals surface area (Å²) in [4.78, 5) is 6.22. The molecule has 2 heterocycles. The van der Waals surface area contributed by atoms with Crippen molar-refractivity contribution < 1.29 is 9.13 Å². The third-order valence-corrected chi connectivity index (χ3v) is 2.43. The number of methoxy groups -OCH3 is 1. The molecule has 0 radical (unpaired) electrons. The Morgan fingerprint density at radius 3 is 2.80 bits per heavy atom. The van der Waals surface area contributed by atoms with Crippen LogP contribution in [0, 0.1) is 5.82 Å². The smallest absolute Gasteiger partial charge is 0.252 e. The average Bonchev–Trinajstić information content (AvgIpc) is 2.31. The second kappa shape index (κ2) is 4.44. The van der Waals surface area contributed by atoms with Crippen LogP contribution in [0.1, 0.15) is 0 Å². The zero-order valence-corrected chi connectivity index (χ0v) is 8.66. The molecule has 5 heteroatoms. The highest BCUT2D eigenvalue weighted by Crippen LogP contribution is 2.19. The summed E-state index contributed by atoms with van der Waals surface area (Å²) in [6, 6.07) is 3.08. The summed E-state index contributed by atoms with van der Waals surface area (Å²) < 4.78 is 18.0. The number of piperazine rings is 1. The molecule has 0 saturated carbocycles. The summed E-state index contributed by atoms with van der Waals surface area (Å²) in [5.41, 5.74) is 0. The molecule has 1 saturated heterocycles. The van der Waals surface area contributed by atoms with Gasteiger partial charge in [0.1, 0.15) is 5.82 Å². The van der Waals surface area contributed by atoms with E-state index in [4.69, 9.17) is 4.74 Å². The number of pyridine rings is 1. The molecule has 4 nitrogen and oxygen atoms in total. The van der Waals surface area contributed by atoms with Gasteiger partial charge in [0.05, 0.1) is 7.11 Å². The molecule has 1 N–H and O–H groups in total. The zero-order chi connectivity index (χ0) is 10.7. The maximum Gasteiger partial charge on any atom is 0.252 e. The van der Waals surface area contributed by atoms with E-state index in [1.54, 1.807) is 6.07 Å². The molecule has 0 unspecified atom stereocenters. The lowest BCUT2D eigenvalue weighted by atomic mass is 10.3. The number of hydrogen-bond acceptors (Lipinski definition) is 4. The molecule has 2 rings (SSSR count). The van der Waals surface area contributed by atoms with Gasteiger partial charge in [0.15, 0.2) is 5.82 Å². The van der Waals surface area contributed by atoms with Gasteiger partial charge >= 0.3 is 0 Å². The SMILES string of the molecule is COc1nc(N2CCNCC2)ccc1F. The minimum absolute atomic E-state index is 0.0611. The van der Waals surface area contributed by atoms with Crippen molar-refractivity contribution in [2.75, 3.05) is 38.2 Å². The van der Waals surface area contributed by atoms with E-state index in [2.05, 4.69) is 15.2 Å². The molecule has 0 bridgehead atoms. The number of hydrogen-bond donors (Lipinski definition) is 1. The van der Waals surface area contributed by atoms with Gasteiger partial charge < -0.3 is 15.0 Å². The Morgan fingerprint density at radius 1 is 1.40 bits per heavy atom. The molecule has 0 atom stereocenters. The van der Waals surface area contributed by atoms with Gasteiger partial charge in [-0.1, -0.05) is 0 Å². The molecule has 15 heavy (non-hydrogen) atoms. The van der Waals surface area contributed by atoms with Crippen LogP contribution in [-0.4, -0.2) is 38.3 Å². The van der Waals surface area contributed by atoms with Gasteiger partial charge in [-0.15, -0.1) is 0 Å². The van der Waals surface area contributed by atoms with Crippen molar-refractivity contribution >= 4 is 5.82 Å². The third kappa shape index (κ3) is 2.18. The van der Waals surface area contributed by atoms with E-state index in [-0.39, 0.29) is 5.88 Å². The molecule has 0 spiro atoms. The Bertz CT molecular complexity index is 339. The highest BCUT2D eigenvalue weighted by molar-refractivity contribution is 5.41. The quantitative estimate of drug-likeness (QED) is 0.779. The molecular weight excluding hydrogens is 197 g/mol. The first kappa shape index (κ1) is 10.2. The highest BCUT2D eigenvalue weighted by atomic mass is 19.1. The van der Waals surface area contributed by atoms with Crippen molar-refractivity contribution in [2.45, 2.75) is 0 Å². The Balaban J connectivity index is 2.20. The van der Waals surface area contributed by atoms with Crippen molar-refractivity contribution in [2.24, 2.45) is 0 Å². The van der Waals surface area contributed by atoms with Crippen molar-refractivity contribution in [3.63, 3.8) is 0 Å². The van der Waals surface area contributed by atoms with Gasteiger partial charge in [0.2, 0.25) is 0 Å². The summed E-state index contributed by atoms with van der Waals surface area (Å²) >= 11 is 0. The van der Waals surface area contributed by atoms with E-state index in [1.807, 2.05) is 0 Å². The monoisotopic (exact) mass is 211 g/mol. The number of aromatic nitrogens is 1. The number of rotatable bonds is 2. The summed E-state index contributed by atoms with van der Waals surface area (Å²) in [5.74, 6) is 0.414. The Kier molecular flexibility index (Phi) is 3.01. The number of halogens is 1. The normalized spacial score (nSPS) is 16.5. The molecule has 1 aromatic rings. The van der Waals surface area contributed by atoms with Gasteiger partial charge in [0.25, 0.3) is 5.88 Å². The fourth-order valence-electron chi connectivity index (χ4n) is 1.63. The average molecular weight is 211 g/mol. The molecule has 1 aliphatic heterocycles. The van der Waals surface area contributed by atoms with E-state index in [0.717, 1.165) is 32.0 Å². The van der Waals surface area contributed by atoms with Crippen LogP contribution in [0.3, 0.4) is 0 Å². The van der Waals surface area contributed by atoms with Gasteiger partial charge in [-0.2, -0.15) is 4.98 Å². The van der Waals surface area contributed by atoms with Crippen molar-refractivity contribution in [3.05, 3.63) is 17.9 Å². The Hall–Kier alpha value is -1.36. The first-order valence-electron chi connectivity index (χ1n) is 4.97. The summed E-state index contributed by atoms with van der Waals surface area (Å²) in [7, 11) is 1.42. The predicted octanol–water partition coefficient (Wildman–Crippen LogP) is 0.639. The van der Waals surface area contributed by atoms with E-state index >= 15 is 0 Å². The van der Waals surface area contributed by atoms with Crippen LogP contribution < -0.4 is 15.0 Å².